The largest absolute Gasteiger partial charge is 0.456 e. The van der Waals surface area contributed by atoms with Crippen LogP contribution in [0.2, 0.25) is 0 Å². The van der Waals surface area contributed by atoms with Gasteiger partial charge in [0.05, 0.1) is 28.1 Å². The lowest BCUT2D eigenvalue weighted by atomic mass is 9.92. The summed E-state index contributed by atoms with van der Waals surface area (Å²) >= 11 is 0. The summed E-state index contributed by atoms with van der Waals surface area (Å²) in [5.74, 6) is 0. The number of benzene rings is 10. The third-order valence-corrected chi connectivity index (χ3v) is 14.0. The second-order valence-corrected chi connectivity index (χ2v) is 17.8. The molecule has 0 atom stereocenters. The highest BCUT2D eigenvalue weighted by atomic mass is 16.3. The van der Waals surface area contributed by atoms with Gasteiger partial charge >= 0.3 is 0 Å². The minimum absolute atomic E-state index is 0.581. The van der Waals surface area contributed by atoms with Crippen molar-refractivity contribution in [1.29, 1.82) is 0 Å². The maximum atomic E-state index is 6.73. The Morgan fingerprint density at radius 3 is 1.72 bits per heavy atom. The van der Waals surface area contributed by atoms with Crippen LogP contribution >= 0.6 is 0 Å². The van der Waals surface area contributed by atoms with Crippen molar-refractivity contribution in [1.82, 2.24) is 4.57 Å². The maximum Gasteiger partial charge on any atom is 0.136 e. The lowest BCUT2D eigenvalue weighted by Crippen LogP contribution is -2.08. The zero-order valence-electron chi connectivity index (χ0n) is 36.6. The predicted octanol–water partition coefficient (Wildman–Crippen LogP) is 17.3. The first-order valence-corrected chi connectivity index (χ1v) is 23.0. The Balaban J connectivity index is 1.09. The molecule has 0 amide bonds. The van der Waals surface area contributed by atoms with Gasteiger partial charge in [-0.1, -0.05) is 140 Å². The van der Waals surface area contributed by atoms with Gasteiger partial charge in [-0.3, -0.25) is 4.99 Å². The van der Waals surface area contributed by atoms with Crippen LogP contribution in [0.4, 0.5) is 0 Å². The van der Waals surface area contributed by atoms with Crippen LogP contribution in [0.25, 0.3) is 115 Å². The van der Waals surface area contributed by atoms with Crippen LogP contribution in [0.15, 0.2) is 232 Å². The molecule has 0 saturated carbocycles. The molecule has 4 heterocycles. The highest BCUT2D eigenvalue weighted by molar-refractivity contribution is 6.24. The number of allylic oxidation sites excluding steroid dienone is 3. The van der Waals surface area contributed by atoms with E-state index in [0.29, 0.717) is 6.42 Å². The molecule has 10 aromatic carbocycles. The van der Waals surface area contributed by atoms with E-state index >= 15 is 0 Å². The Hall–Kier alpha value is -8.73. The summed E-state index contributed by atoms with van der Waals surface area (Å²) in [4.78, 5) is 5.95. The average Bonchev–Trinajstić information content (AvgIpc) is 4.00. The first kappa shape index (κ1) is 37.6. The van der Waals surface area contributed by atoms with Gasteiger partial charge in [0.1, 0.15) is 22.3 Å². The van der Waals surface area contributed by atoms with Crippen molar-refractivity contribution in [2.75, 3.05) is 0 Å². The fourth-order valence-electron chi connectivity index (χ4n) is 10.8. The summed E-state index contributed by atoms with van der Waals surface area (Å²) in [7, 11) is 0. The number of hydrogen-bond donors (Lipinski definition) is 0. The molecule has 4 nitrogen and oxygen atoms in total. The van der Waals surface area contributed by atoms with E-state index in [1.165, 1.54) is 43.4 Å². The second kappa shape index (κ2) is 14.6. The minimum atomic E-state index is 0.581. The van der Waals surface area contributed by atoms with Gasteiger partial charge < -0.3 is 13.4 Å². The molecule has 0 saturated heterocycles. The Morgan fingerprint density at radius 1 is 0.418 bits per heavy atom. The van der Waals surface area contributed by atoms with Crippen molar-refractivity contribution in [2.45, 2.75) is 13.3 Å². The van der Waals surface area contributed by atoms with Gasteiger partial charge in [0.25, 0.3) is 0 Å². The molecule has 1 aliphatic heterocycles. The van der Waals surface area contributed by atoms with Gasteiger partial charge in [-0.05, 0) is 129 Å². The molecule has 0 bridgehead atoms. The number of hydrogen-bond acceptors (Lipinski definition) is 3. The topological polar surface area (TPSA) is 43.6 Å². The summed E-state index contributed by atoms with van der Waals surface area (Å²) in [6.07, 6.45) is 2.98. The van der Waals surface area contributed by atoms with E-state index in [9.17, 15) is 0 Å². The molecule has 0 radical (unpaired) electrons. The second-order valence-electron chi connectivity index (χ2n) is 17.8. The van der Waals surface area contributed by atoms with E-state index in [1.54, 1.807) is 0 Å². The molecule has 14 rings (SSSR count). The van der Waals surface area contributed by atoms with Crippen molar-refractivity contribution < 1.29 is 8.83 Å². The first-order chi connectivity index (χ1) is 33.1. The molecule has 13 aromatic rings. The van der Waals surface area contributed by atoms with E-state index in [2.05, 4.69) is 212 Å². The third-order valence-electron chi connectivity index (χ3n) is 14.0. The summed E-state index contributed by atoms with van der Waals surface area (Å²) in [5, 5.41) is 11.5. The monoisotopic (exact) mass is 856 g/mol. The number of aliphatic imine (C=N–C) groups is 1. The van der Waals surface area contributed by atoms with Crippen molar-refractivity contribution in [3.63, 3.8) is 0 Å². The van der Waals surface area contributed by atoms with Gasteiger partial charge in [-0.15, -0.1) is 0 Å². The van der Waals surface area contributed by atoms with E-state index in [0.717, 1.165) is 99.8 Å². The zero-order chi connectivity index (χ0) is 44.2. The maximum absolute atomic E-state index is 6.73. The average molecular weight is 857 g/mol. The highest BCUT2D eigenvalue weighted by Gasteiger charge is 2.26. The summed E-state index contributed by atoms with van der Waals surface area (Å²) in [6.45, 7) is 2.23. The summed E-state index contributed by atoms with van der Waals surface area (Å²) < 4.78 is 15.6. The van der Waals surface area contributed by atoms with Gasteiger partial charge in [0, 0.05) is 49.9 Å². The van der Waals surface area contributed by atoms with Gasteiger partial charge in [0.2, 0.25) is 0 Å². The fourth-order valence-corrected chi connectivity index (χ4v) is 10.8. The Morgan fingerprint density at radius 2 is 0.985 bits per heavy atom. The smallest absolute Gasteiger partial charge is 0.136 e. The number of para-hydroxylation sites is 2. The summed E-state index contributed by atoms with van der Waals surface area (Å²) in [6, 6.07) is 74.1. The SMILES string of the molecule is CC1=C(c2ccc3oc4ccccc4c3c2)N=C(c2c(-n3c4cc5ccccc5cc4c4cc5ccccc5cc43)ccc3oc4ccccc4c23)CC=C1c1cccc(-c2ccccc2)c1. The Kier molecular flexibility index (Phi) is 8.22. The fraction of sp³-hybridized carbons (Fsp3) is 0.0317. The molecule has 4 heteroatoms. The van der Waals surface area contributed by atoms with E-state index in [-0.39, 0.29) is 0 Å². The lowest BCUT2D eigenvalue weighted by Gasteiger charge is -2.17. The number of rotatable bonds is 5. The number of fused-ring (bicyclic) bond motifs is 11. The zero-order valence-corrected chi connectivity index (χ0v) is 36.6. The van der Waals surface area contributed by atoms with Crippen LogP contribution in [0.5, 0.6) is 0 Å². The molecule has 0 N–H and O–H groups in total. The predicted molar refractivity (Wildman–Crippen MR) is 280 cm³/mol. The minimum Gasteiger partial charge on any atom is -0.456 e. The van der Waals surface area contributed by atoms with Crippen LogP contribution in [0.3, 0.4) is 0 Å². The normalized spacial score (nSPS) is 13.5. The highest BCUT2D eigenvalue weighted by Crippen LogP contribution is 2.44. The molecule has 314 valence electrons. The van der Waals surface area contributed by atoms with Crippen molar-refractivity contribution in [3.8, 4) is 16.8 Å². The van der Waals surface area contributed by atoms with Crippen molar-refractivity contribution in [3.05, 3.63) is 235 Å². The van der Waals surface area contributed by atoms with Crippen molar-refractivity contribution in [2.24, 2.45) is 4.99 Å². The molecule has 0 spiro atoms. The quantitative estimate of drug-likeness (QED) is 0.173. The van der Waals surface area contributed by atoms with Crippen LogP contribution in [-0.2, 0) is 0 Å². The van der Waals surface area contributed by atoms with Gasteiger partial charge in [-0.2, -0.15) is 0 Å². The Labute approximate surface area is 385 Å². The number of aromatic nitrogens is 1. The van der Waals surface area contributed by atoms with Crippen LogP contribution in [0, 0.1) is 0 Å². The van der Waals surface area contributed by atoms with Crippen LogP contribution in [-0.4, -0.2) is 10.3 Å². The van der Waals surface area contributed by atoms with Crippen LogP contribution in [0.1, 0.15) is 30.0 Å². The Bertz CT molecular complexity index is 4210. The molecule has 0 aliphatic carbocycles. The van der Waals surface area contributed by atoms with Gasteiger partial charge in [-0.25, -0.2) is 0 Å². The molecule has 1 aliphatic rings. The van der Waals surface area contributed by atoms with Gasteiger partial charge in [0.15, 0.2) is 0 Å². The first-order valence-electron chi connectivity index (χ1n) is 23.0. The molecule has 3 aromatic heterocycles. The molecule has 67 heavy (non-hydrogen) atoms. The molecular weight excluding hydrogens is 817 g/mol. The van der Waals surface area contributed by atoms with E-state index in [1.807, 2.05) is 12.1 Å². The molecule has 0 unspecified atom stereocenters. The molecular formula is C63H40N2O2. The lowest BCUT2D eigenvalue weighted by molar-refractivity contribution is 0.668. The standard InChI is InChI=1S/C63H40N2O2/c1-38-47(45-21-13-20-40(32-45)39-14-3-2-4-15-39)27-28-53(64-63(38)46-26-30-59-52(35-46)48-22-9-11-24-57(48)66-59)62-54(29-31-60-61(62)49-23-10-12-25-58(49)67-60)65-55-36-43-18-7-5-16-41(43)33-50(55)51-34-42-17-6-8-19-44(42)37-56(51)65/h2-27,29-37H,28H2,1H3. The summed E-state index contributed by atoms with van der Waals surface area (Å²) in [5.41, 5.74) is 16.5. The number of nitrogens with zero attached hydrogens (tertiary/aromatic N) is 2. The number of furan rings is 2. The third kappa shape index (κ3) is 5.90. The van der Waals surface area contributed by atoms with Crippen LogP contribution < -0.4 is 0 Å². The van der Waals surface area contributed by atoms with E-state index < -0.39 is 0 Å². The molecule has 0 fully saturated rings. The van der Waals surface area contributed by atoms with E-state index in [4.69, 9.17) is 13.8 Å². The van der Waals surface area contributed by atoms with Crippen molar-refractivity contribution >= 4 is 104 Å².